The van der Waals surface area contributed by atoms with Gasteiger partial charge in [0.25, 0.3) is 0 Å². The molecule has 2 rings (SSSR count). The van der Waals surface area contributed by atoms with Crippen molar-refractivity contribution in [1.82, 2.24) is 10.3 Å². The predicted molar refractivity (Wildman–Crippen MR) is 59.8 cm³/mol. The second-order valence-electron chi connectivity index (χ2n) is 4.20. The first-order valence-electron chi connectivity index (χ1n) is 5.40. The lowest BCUT2D eigenvalue weighted by atomic mass is 10.2. The van der Waals surface area contributed by atoms with E-state index < -0.39 is 9.84 Å². The van der Waals surface area contributed by atoms with E-state index >= 15 is 0 Å². The average Bonchev–Trinajstić information content (AvgIpc) is 2.60. The van der Waals surface area contributed by atoms with Gasteiger partial charge in [0.2, 0.25) is 5.89 Å². The second-order valence-corrected chi connectivity index (χ2v) is 6.43. The highest BCUT2D eigenvalue weighted by atomic mass is 32.2. The fourth-order valence-electron chi connectivity index (χ4n) is 1.90. The molecule has 0 saturated carbocycles. The summed E-state index contributed by atoms with van der Waals surface area (Å²) < 4.78 is 28.1. The van der Waals surface area contributed by atoms with Gasteiger partial charge in [-0.2, -0.15) is 0 Å². The minimum Gasteiger partial charge on any atom is -0.445 e. The van der Waals surface area contributed by atoms with Crippen molar-refractivity contribution in [2.45, 2.75) is 32.4 Å². The van der Waals surface area contributed by atoms with Crippen molar-refractivity contribution >= 4 is 9.84 Å². The molecule has 0 amide bonds. The summed E-state index contributed by atoms with van der Waals surface area (Å²) in [6.45, 7) is 2.33. The quantitative estimate of drug-likeness (QED) is 0.845. The Hall–Kier alpha value is -0.880. The van der Waals surface area contributed by atoms with E-state index in [0.29, 0.717) is 18.2 Å². The maximum absolute atomic E-state index is 11.4. The third kappa shape index (κ3) is 3.05. The van der Waals surface area contributed by atoms with Gasteiger partial charge >= 0.3 is 0 Å². The Kier molecular flexibility index (Phi) is 3.30. The van der Waals surface area contributed by atoms with Crippen molar-refractivity contribution in [3.63, 3.8) is 0 Å². The van der Waals surface area contributed by atoms with Gasteiger partial charge in [0.15, 0.2) is 9.84 Å². The van der Waals surface area contributed by atoms with Crippen molar-refractivity contribution in [3.05, 3.63) is 17.8 Å². The first kappa shape index (κ1) is 11.6. The van der Waals surface area contributed by atoms with E-state index in [4.69, 9.17) is 4.42 Å². The predicted octanol–water partition coefficient (Wildman–Crippen LogP) is 0.650. The largest absolute Gasteiger partial charge is 0.445 e. The summed E-state index contributed by atoms with van der Waals surface area (Å²) >= 11 is 0. The number of aryl methyl sites for hydroxylation is 1. The van der Waals surface area contributed by atoms with E-state index in [1.165, 1.54) is 0 Å². The lowest BCUT2D eigenvalue weighted by molar-refractivity contribution is 0.413. The van der Waals surface area contributed by atoms with Crippen LogP contribution in [0.25, 0.3) is 0 Å². The van der Waals surface area contributed by atoms with Gasteiger partial charge in [0.1, 0.15) is 5.76 Å². The normalized spacial score (nSPS) is 24.4. The van der Waals surface area contributed by atoms with Crippen LogP contribution < -0.4 is 5.32 Å². The molecule has 0 aliphatic carbocycles. The zero-order valence-electron chi connectivity index (χ0n) is 9.27. The fourth-order valence-corrected chi connectivity index (χ4v) is 3.57. The van der Waals surface area contributed by atoms with Crippen molar-refractivity contribution in [1.29, 1.82) is 0 Å². The molecular weight excluding hydrogens is 228 g/mol. The minimum absolute atomic E-state index is 0.0333. The minimum atomic E-state index is -2.84. The van der Waals surface area contributed by atoms with E-state index in [2.05, 4.69) is 10.3 Å². The maximum Gasteiger partial charge on any atom is 0.208 e. The topological polar surface area (TPSA) is 72.2 Å². The van der Waals surface area contributed by atoms with Gasteiger partial charge in [-0.3, -0.25) is 0 Å². The summed E-state index contributed by atoms with van der Waals surface area (Å²) in [5.74, 6) is 1.93. The van der Waals surface area contributed by atoms with Crippen LogP contribution in [-0.2, 0) is 16.4 Å². The second kappa shape index (κ2) is 4.55. The Morgan fingerprint density at radius 1 is 1.62 bits per heavy atom. The number of aromatic nitrogens is 1. The van der Waals surface area contributed by atoms with Gasteiger partial charge in [-0.05, 0) is 19.8 Å². The molecule has 1 fully saturated rings. The SMILES string of the molecule is Cc1cnc(CNC2CCCS(=O)(=O)C2)o1. The number of oxazole rings is 1. The summed E-state index contributed by atoms with van der Waals surface area (Å²) in [7, 11) is -2.84. The van der Waals surface area contributed by atoms with Crippen molar-refractivity contribution in [2.75, 3.05) is 11.5 Å². The van der Waals surface area contributed by atoms with Crippen molar-refractivity contribution in [3.8, 4) is 0 Å². The highest BCUT2D eigenvalue weighted by molar-refractivity contribution is 7.91. The number of hydrogen-bond acceptors (Lipinski definition) is 5. The number of hydrogen-bond donors (Lipinski definition) is 1. The van der Waals surface area contributed by atoms with Crippen molar-refractivity contribution in [2.24, 2.45) is 0 Å². The van der Waals surface area contributed by atoms with Gasteiger partial charge in [0.05, 0.1) is 24.2 Å². The van der Waals surface area contributed by atoms with Crippen LogP contribution in [0.15, 0.2) is 10.6 Å². The third-order valence-corrected chi connectivity index (χ3v) is 4.50. The highest BCUT2D eigenvalue weighted by Gasteiger charge is 2.24. The molecule has 1 aliphatic heterocycles. The van der Waals surface area contributed by atoms with Crippen LogP contribution in [0.5, 0.6) is 0 Å². The number of rotatable bonds is 3. The third-order valence-electron chi connectivity index (χ3n) is 2.67. The van der Waals surface area contributed by atoms with Crippen LogP contribution in [0.3, 0.4) is 0 Å². The zero-order chi connectivity index (χ0) is 11.6. The molecular formula is C10H16N2O3S. The van der Waals surface area contributed by atoms with Crippen LogP contribution in [0.2, 0.25) is 0 Å². The lowest BCUT2D eigenvalue weighted by Crippen LogP contribution is -2.39. The molecule has 6 heteroatoms. The maximum atomic E-state index is 11.4. The molecule has 0 aromatic carbocycles. The Morgan fingerprint density at radius 2 is 2.44 bits per heavy atom. The molecule has 5 nitrogen and oxygen atoms in total. The molecule has 1 saturated heterocycles. The number of nitrogens with zero attached hydrogens (tertiary/aromatic N) is 1. The Bertz CT molecular complexity index is 452. The van der Waals surface area contributed by atoms with Gasteiger partial charge in [-0.1, -0.05) is 0 Å². The first-order valence-corrected chi connectivity index (χ1v) is 7.22. The molecule has 0 spiro atoms. The monoisotopic (exact) mass is 244 g/mol. The van der Waals surface area contributed by atoms with Gasteiger partial charge in [-0.15, -0.1) is 0 Å². The highest BCUT2D eigenvalue weighted by Crippen LogP contribution is 2.12. The molecule has 1 aromatic heterocycles. The Labute approximate surface area is 95.2 Å². The molecule has 0 radical (unpaired) electrons. The van der Waals surface area contributed by atoms with Gasteiger partial charge in [0, 0.05) is 6.04 Å². The Morgan fingerprint density at radius 3 is 3.06 bits per heavy atom. The van der Waals surface area contributed by atoms with Gasteiger partial charge in [-0.25, -0.2) is 13.4 Å². The molecule has 1 N–H and O–H groups in total. The van der Waals surface area contributed by atoms with Crippen LogP contribution in [0.4, 0.5) is 0 Å². The van der Waals surface area contributed by atoms with Crippen LogP contribution in [0, 0.1) is 6.92 Å². The van der Waals surface area contributed by atoms with Crippen LogP contribution in [-0.4, -0.2) is 30.9 Å². The summed E-state index contributed by atoms with van der Waals surface area (Å²) in [6, 6.07) is 0.0333. The zero-order valence-corrected chi connectivity index (χ0v) is 10.1. The Balaban J connectivity index is 1.86. The van der Waals surface area contributed by atoms with E-state index in [9.17, 15) is 8.42 Å². The lowest BCUT2D eigenvalue weighted by Gasteiger charge is -2.22. The first-order chi connectivity index (χ1) is 7.55. The van der Waals surface area contributed by atoms with Crippen LogP contribution in [0.1, 0.15) is 24.5 Å². The molecule has 2 heterocycles. The van der Waals surface area contributed by atoms with E-state index in [1.54, 1.807) is 6.20 Å². The van der Waals surface area contributed by atoms with E-state index in [-0.39, 0.29) is 11.8 Å². The van der Waals surface area contributed by atoms with Crippen LogP contribution >= 0.6 is 0 Å². The van der Waals surface area contributed by atoms with E-state index in [0.717, 1.165) is 18.6 Å². The molecule has 16 heavy (non-hydrogen) atoms. The smallest absolute Gasteiger partial charge is 0.208 e. The summed E-state index contributed by atoms with van der Waals surface area (Å²) in [4.78, 5) is 4.06. The van der Waals surface area contributed by atoms with Gasteiger partial charge < -0.3 is 9.73 Å². The average molecular weight is 244 g/mol. The number of sulfone groups is 1. The molecule has 90 valence electrons. The summed E-state index contributed by atoms with van der Waals surface area (Å²) in [6.07, 6.45) is 3.30. The number of nitrogens with one attached hydrogen (secondary N) is 1. The fraction of sp³-hybridized carbons (Fsp3) is 0.700. The standard InChI is InChI=1S/C10H16N2O3S/c1-8-5-12-10(15-8)6-11-9-3-2-4-16(13,14)7-9/h5,9,11H,2-4,6-7H2,1H3. The molecule has 1 unspecified atom stereocenters. The van der Waals surface area contributed by atoms with Crippen molar-refractivity contribution < 1.29 is 12.8 Å². The van der Waals surface area contributed by atoms with E-state index in [1.807, 2.05) is 6.92 Å². The summed E-state index contributed by atoms with van der Waals surface area (Å²) in [5, 5.41) is 3.17. The summed E-state index contributed by atoms with van der Waals surface area (Å²) in [5.41, 5.74) is 0. The molecule has 1 atom stereocenters. The molecule has 0 bridgehead atoms. The molecule has 1 aliphatic rings. The molecule has 1 aromatic rings.